The quantitative estimate of drug-likeness (QED) is 0.599. The van der Waals surface area contributed by atoms with Crippen molar-refractivity contribution in [1.29, 1.82) is 0 Å². The van der Waals surface area contributed by atoms with E-state index in [-0.39, 0.29) is 0 Å². The van der Waals surface area contributed by atoms with Crippen molar-refractivity contribution in [3.8, 4) is 5.75 Å². The average molecular weight is 362 g/mol. The molecule has 5 heteroatoms. The monoisotopic (exact) mass is 362 g/mol. The van der Waals surface area contributed by atoms with Gasteiger partial charge in [0.05, 0.1) is 12.1 Å². The molecule has 1 aliphatic heterocycles. The molecular formula is C22H26N4O. The van der Waals surface area contributed by atoms with Crippen molar-refractivity contribution in [2.45, 2.75) is 19.3 Å². The van der Waals surface area contributed by atoms with Crippen LogP contribution in [-0.2, 0) is 6.42 Å². The number of hydrogen-bond donors (Lipinski definition) is 2. The molecule has 1 unspecified atom stereocenters. The largest absolute Gasteiger partial charge is 0.493 e. The predicted octanol–water partition coefficient (Wildman–Crippen LogP) is 3.66. The predicted molar refractivity (Wildman–Crippen MR) is 109 cm³/mol. The molecule has 1 saturated heterocycles. The van der Waals surface area contributed by atoms with Gasteiger partial charge >= 0.3 is 0 Å². The van der Waals surface area contributed by atoms with Gasteiger partial charge in [0.2, 0.25) is 0 Å². The van der Waals surface area contributed by atoms with Crippen molar-refractivity contribution in [3.05, 3.63) is 60.4 Å². The summed E-state index contributed by atoms with van der Waals surface area (Å²) < 4.78 is 5.96. The molecule has 0 spiro atoms. The van der Waals surface area contributed by atoms with E-state index in [0.29, 0.717) is 5.92 Å². The van der Waals surface area contributed by atoms with E-state index in [1.54, 1.807) is 6.33 Å². The zero-order chi connectivity index (χ0) is 18.3. The van der Waals surface area contributed by atoms with Gasteiger partial charge in [0.15, 0.2) is 0 Å². The van der Waals surface area contributed by atoms with Gasteiger partial charge in [0.25, 0.3) is 0 Å². The third kappa shape index (κ3) is 4.74. The summed E-state index contributed by atoms with van der Waals surface area (Å²) in [6.45, 7) is 3.78. The van der Waals surface area contributed by atoms with Gasteiger partial charge in [0, 0.05) is 30.5 Å². The summed E-state index contributed by atoms with van der Waals surface area (Å²) in [5.41, 5.74) is 2.28. The number of hydrogen-bond acceptors (Lipinski definition) is 5. The number of fused-ring (bicyclic) bond motifs is 1. The van der Waals surface area contributed by atoms with Crippen molar-refractivity contribution in [2.24, 2.45) is 5.92 Å². The first-order valence-electron chi connectivity index (χ1n) is 9.74. The van der Waals surface area contributed by atoms with Crippen molar-refractivity contribution in [2.75, 3.05) is 31.6 Å². The minimum Gasteiger partial charge on any atom is -0.493 e. The summed E-state index contributed by atoms with van der Waals surface area (Å²) in [6, 6.07) is 16.6. The highest BCUT2D eigenvalue weighted by molar-refractivity contribution is 5.89. The van der Waals surface area contributed by atoms with E-state index in [0.717, 1.165) is 61.6 Å². The van der Waals surface area contributed by atoms with E-state index in [9.17, 15) is 0 Å². The van der Waals surface area contributed by atoms with Gasteiger partial charge in [0.1, 0.15) is 17.9 Å². The Balaban J connectivity index is 1.35. The van der Waals surface area contributed by atoms with E-state index in [4.69, 9.17) is 4.74 Å². The number of nitrogens with zero attached hydrogens (tertiary/aromatic N) is 2. The van der Waals surface area contributed by atoms with Crippen LogP contribution in [0, 0.1) is 5.92 Å². The lowest BCUT2D eigenvalue weighted by molar-refractivity contribution is 0.260. The molecule has 5 nitrogen and oxygen atoms in total. The maximum Gasteiger partial charge on any atom is 0.137 e. The van der Waals surface area contributed by atoms with Crippen LogP contribution in [-0.4, -0.2) is 36.2 Å². The van der Waals surface area contributed by atoms with E-state index >= 15 is 0 Å². The van der Waals surface area contributed by atoms with Crippen LogP contribution in [0.5, 0.6) is 5.75 Å². The second-order valence-corrected chi connectivity index (χ2v) is 7.09. The van der Waals surface area contributed by atoms with Gasteiger partial charge in [-0.2, -0.15) is 0 Å². The molecule has 2 heterocycles. The highest BCUT2D eigenvalue weighted by Crippen LogP contribution is 2.24. The molecule has 2 aromatic carbocycles. The highest BCUT2D eigenvalue weighted by atomic mass is 16.5. The van der Waals surface area contributed by atoms with Gasteiger partial charge in [-0.05, 0) is 43.5 Å². The summed E-state index contributed by atoms with van der Waals surface area (Å²) in [5, 5.41) is 7.86. The van der Waals surface area contributed by atoms with Crippen molar-refractivity contribution >= 4 is 16.7 Å². The zero-order valence-electron chi connectivity index (χ0n) is 15.5. The van der Waals surface area contributed by atoms with Crippen LogP contribution in [0.25, 0.3) is 10.9 Å². The van der Waals surface area contributed by atoms with Gasteiger partial charge in [-0.1, -0.05) is 30.3 Å². The first-order chi connectivity index (χ1) is 13.4. The fraction of sp³-hybridized carbons (Fsp3) is 0.364. The maximum atomic E-state index is 5.96. The van der Waals surface area contributed by atoms with Crippen molar-refractivity contribution < 1.29 is 4.74 Å². The van der Waals surface area contributed by atoms with Crippen molar-refractivity contribution in [1.82, 2.24) is 15.3 Å². The molecule has 0 amide bonds. The minimum absolute atomic E-state index is 0.605. The lowest BCUT2D eigenvalue weighted by atomic mass is 10.1. The van der Waals surface area contributed by atoms with Crippen LogP contribution in [0.15, 0.2) is 54.9 Å². The number of anilines is 1. The summed E-state index contributed by atoms with van der Waals surface area (Å²) in [4.78, 5) is 8.83. The Morgan fingerprint density at radius 3 is 2.89 bits per heavy atom. The number of aromatic nitrogens is 2. The Labute approximate surface area is 160 Å². The van der Waals surface area contributed by atoms with Crippen LogP contribution in [0.2, 0.25) is 0 Å². The Morgan fingerprint density at radius 2 is 2.04 bits per heavy atom. The van der Waals surface area contributed by atoms with E-state index in [1.807, 2.05) is 12.1 Å². The second kappa shape index (κ2) is 8.82. The van der Waals surface area contributed by atoms with E-state index < -0.39 is 0 Å². The molecule has 1 aromatic heterocycles. The van der Waals surface area contributed by atoms with E-state index in [2.05, 4.69) is 57.0 Å². The fourth-order valence-electron chi connectivity index (χ4n) is 3.48. The molecule has 4 rings (SSSR count). The van der Waals surface area contributed by atoms with Gasteiger partial charge in [-0.15, -0.1) is 0 Å². The molecule has 0 aliphatic carbocycles. The lowest BCUT2D eigenvalue weighted by Crippen LogP contribution is -2.15. The molecule has 0 radical (unpaired) electrons. The Bertz CT molecular complexity index is 863. The number of nitrogens with one attached hydrogen (secondary N) is 2. The minimum atomic E-state index is 0.605. The lowest BCUT2D eigenvalue weighted by Gasteiger charge is -2.12. The van der Waals surface area contributed by atoms with Crippen LogP contribution in [0.4, 0.5) is 5.82 Å². The Kier molecular flexibility index (Phi) is 5.80. The first-order valence-corrected chi connectivity index (χ1v) is 9.74. The van der Waals surface area contributed by atoms with Crippen molar-refractivity contribution in [3.63, 3.8) is 0 Å². The molecule has 0 saturated carbocycles. The molecule has 140 valence electrons. The molecular weight excluding hydrogens is 336 g/mol. The normalized spacial score (nSPS) is 16.5. The standard InChI is InChI=1S/C22H26N4O/c1-2-5-17(6-3-1)7-4-11-24-22-20-9-8-19(13-21(20)25-16-26-22)27-15-18-10-12-23-14-18/h1-3,5-6,8-9,13,16,18,23H,4,7,10-12,14-15H2,(H,24,25,26). The molecule has 27 heavy (non-hydrogen) atoms. The van der Waals surface area contributed by atoms with E-state index in [1.165, 1.54) is 12.0 Å². The third-order valence-electron chi connectivity index (χ3n) is 5.03. The number of rotatable bonds is 8. The van der Waals surface area contributed by atoms with Gasteiger partial charge in [-0.25, -0.2) is 9.97 Å². The summed E-state index contributed by atoms with van der Waals surface area (Å²) in [7, 11) is 0. The summed E-state index contributed by atoms with van der Waals surface area (Å²) in [6.07, 6.45) is 4.93. The topological polar surface area (TPSA) is 59.1 Å². The molecule has 2 N–H and O–H groups in total. The van der Waals surface area contributed by atoms with Crippen LogP contribution < -0.4 is 15.4 Å². The smallest absolute Gasteiger partial charge is 0.137 e. The Morgan fingerprint density at radius 1 is 1.11 bits per heavy atom. The maximum absolute atomic E-state index is 5.96. The van der Waals surface area contributed by atoms with Crippen LogP contribution >= 0.6 is 0 Å². The highest BCUT2D eigenvalue weighted by Gasteiger charge is 2.15. The zero-order valence-corrected chi connectivity index (χ0v) is 15.5. The Hall–Kier alpha value is -2.66. The summed E-state index contributed by atoms with van der Waals surface area (Å²) in [5.74, 6) is 2.37. The molecule has 1 atom stereocenters. The number of benzene rings is 2. The molecule has 1 aliphatic rings. The average Bonchev–Trinajstić information content (AvgIpc) is 3.24. The second-order valence-electron chi connectivity index (χ2n) is 7.09. The van der Waals surface area contributed by atoms with Crippen LogP contribution in [0.3, 0.4) is 0 Å². The molecule has 3 aromatic rings. The number of ether oxygens (including phenoxy) is 1. The van der Waals surface area contributed by atoms with Gasteiger partial charge in [-0.3, -0.25) is 0 Å². The van der Waals surface area contributed by atoms with Gasteiger partial charge < -0.3 is 15.4 Å². The number of aryl methyl sites for hydroxylation is 1. The molecule has 0 bridgehead atoms. The van der Waals surface area contributed by atoms with Crippen LogP contribution in [0.1, 0.15) is 18.4 Å². The fourth-order valence-corrected chi connectivity index (χ4v) is 3.48. The SMILES string of the molecule is c1ccc(CCCNc2ncnc3cc(OCC4CCNC4)ccc23)cc1. The summed E-state index contributed by atoms with van der Waals surface area (Å²) >= 11 is 0. The third-order valence-corrected chi connectivity index (χ3v) is 5.03. The first kappa shape index (κ1) is 17.7. The molecule has 1 fully saturated rings.